The van der Waals surface area contributed by atoms with Gasteiger partial charge in [-0.15, -0.1) is 0 Å². The third kappa shape index (κ3) is 2.02. The largest absolute Gasteiger partial charge is 0.481 e. The van der Waals surface area contributed by atoms with Crippen LogP contribution in [0.25, 0.3) is 0 Å². The number of nitrogens with zero attached hydrogens (tertiary/aromatic N) is 2. The van der Waals surface area contributed by atoms with Crippen LogP contribution >= 0.6 is 0 Å². The van der Waals surface area contributed by atoms with Gasteiger partial charge in [0.05, 0.1) is 11.6 Å². The van der Waals surface area contributed by atoms with Gasteiger partial charge in [-0.25, -0.2) is 0 Å². The number of carbonyl (C=O) groups is 1. The Morgan fingerprint density at radius 2 is 2.53 bits per heavy atom. The van der Waals surface area contributed by atoms with E-state index in [9.17, 15) is 4.79 Å². The zero-order valence-corrected chi connectivity index (χ0v) is 8.68. The molecule has 1 aromatic rings. The molecule has 2 atom stereocenters. The fourth-order valence-corrected chi connectivity index (χ4v) is 1.85. The summed E-state index contributed by atoms with van der Waals surface area (Å²) in [7, 11) is 1.88. The number of hydrogen-bond donors (Lipinski definition) is 2. The van der Waals surface area contributed by atoms with Crippen molar-refractivity contribution in [1.82, 2.24) is 15.1 Å². The van der Waals surface area contributed by atoms with Gasteiger partial charge in [-0.05, 0) is 18.9 Å². The minimum absolute atomic E-state index is 0.123. The van der Waals surface area contributed by atoms with Crippen molar-refractivity contribution in [2.24, 2.45) is 13.0 Å². The molecule has 2 N–H and O–H groups in total. The minimum atomic E-state index is -0.691. The van der Waals surface area contributed by atoms with Crippen LogP contribution in [-0.2, 0) is 18.4 Å². The van der Waals surface area contributed by atoms with Gasteiger partial charge in [0, 0.05) is 25.8 Å². The standard InChI is InChI=1S/C10H15N3O2/c1-13-7(4-5-12-13)6-11-9-3-2-8(9)10(14)15/h4-5,8-9,11H,2-3,6H2,1H3,(H,14,15). The van der Waals surface area contributed by atoms with E-state index in [1.807, 2.05) is 13.1 Å². The maximum Gasteiger partial charge on any atom is 0.308 e. The average Bonchev–Trinajstić information content (AvgIpc) is 2.49. The molecule has 0 amide bonds. The molecule has 1 heterocycles. The summed E-state index contributed by atoms with van der Waals surface area (Å²) in [5, 5.41) is 16.2. The molecule has 0 bridgehead atoms. The number of aliphatic carboxylic acids is 1. The molecule has 5 heteroatoms. The van der Waals surface area contributed by atoms with Gasteiger partial charge < -0.3 is 10.4 Å². The van der Waals surface area contributed by atoms with Crippen molar-refractivity contribution in [3.63, 3.8) is 0 Å². The second-order valence-corrected chi connectivity index (χ2v) is 3.96. The van der Waals surface area contributed by atoms with Crippen LogP contribution in [0.5, 0.6) is 0 Å². The van der Waals surface area contributed by atoms with Gasteiger partial charge in [0.2, 0.25) is 0 Å². The zero-order valence-electron chi connectivity index (χ0n) is 8.68. The lowest BCUT2D eigenvalue weighted by Gasteiger charge is -2.34. The first-order valence-corrected chi connectivity index (χ1v) is 5.11. The van der Waals surface area contributed by atoms with Crippen molar-refractivity contribution in [3.8, 4) is 0 Å². The summed E-state index contributed by atoms with van der Waals surface area (Å²) in [6.07, 6.45) is 3.49. The third-order valence-electron chi connectivity index (χ3n) is 3.06. The SMILES string of the molecule is Cn1nccc1CNC1CCC1C(=O)O. The Kier molecular flexibility index (Phi) is 2.73. The third-order valence-corrected chi connectivity index (χ3v) is 3.06. The lowest BCUT2D eigenvalue weighted by Crippen LogP contribution is -2.47. The molecule has 2 unspecified atom stereocenters. The molecule has 5 nitrogen and oxygen atoms in total. The van der Waals surface area contributed by atoms with Gasteiger partial charge in [-0.3, -0.25) is 9.48 Å². The molecule has 1 aromatic heterocycles. The van der Waals surface area contributed by atoms with E-state index in [0.717, 1.165) is 18.5 Å². The Hall–Kier alpha value is -1.36. The van der Waals surface area contributed by atoms with E-state index in [4.69, 9.17) is 5.11 Å². The average molecular weight is 209 g/mol. The van der Waals surface area contributed by atoms with Gasteiger partial charge >= 0.3 is 5.97 Å². The molecule has 1 aliphatic carbocycles. The Morgan fingerprint density at radius 3 is 3.00 bits per heavy atom. The van der Waals surface area contributed by atoms with Crippen molar-refractivity contribution in [1.29, 1.82) is 0 Å². The molecule has 15 heavy (non-hydrogen) atoms. The molecule has 1 fully saturated rings. The van der Waals surface area contributed by atoms with E-state index in [2.05, 4.69) is 10.4 Å². The molecule has 1 saturated carbocycles. The topological polar surface area (TPSA) is 67.2 Å². The van der Waals surface area contributed by atoms with Crippen LogP contribution in [0, 0.1) is 5.92 Å². The number of carboxylic acids is 1. The lowest BCUT2D eigenvalue weighted by atomic mass is 9.79. The Labute approximate surface area is 88.1 Å². The predicted molar refractivity (Wildman–Crippen MR) is 54.2 cm³/mol. The predicted octanol–water partition coefficient (Wildman–Crippen LogP) is 0.373. The summed E-state index contributed by atoms with van der Waals surface area (Å²) >= 11 is 0. The Bertz CT molecular complexity index is 361. The van der Waals surface area contributed by atoms with E-state index >= 15 is 0 Å². The molecule has 0 radical (unpaired) electrons. The molecule has 1 aliphatic rings. The highest BCUT2D eigenvalue weighted by Crippen LogP contribution is 2.27. The van der Waals surface area contributed by atoms with Crippen LogP contribution in [0.2, 0.25) is 0 Å². The maximum atomic E-state index is 10.8. The van der Waals surface area contributed by atoms with Crippen molar-refractivity contribution >= 4 is 5.97 Å². The van der Waals surface area contributed by atoms with E-state index in [0.29, 0.717) is 6.54 Å². The van der Waals surface area contributed by atoms with Crippen molar-refractivity contribution in [2.45, 2.75) is 25.4 Å². The number of rotatable bonds is 4. The molecular weight excluding hydrogens is 194 g/mol. The fourth-order valence-electron chi connectivity index (χ4n) is 1.85. The maximum absolute atomic E-state index is 10.8. The Morgan fingerprint density at radius 1 is 1.73 bits per heavy atom. The first kappa shape index (κ1) is 10.2. The second-order valence-electron chi connectivity index (χ2n) is 3.96. The summed E-state index contributed by atoms with van der Waals surface area (Å²) in [5.74, 6) is -0.901. The quantitative estimate of drug-likeness (QED) is 0.752. The van der Waals surface area contributed by atoms with E-state index in [-0.39, 0.29) is 12.0 Å². The number of carboxylic acid groups (broad SMARTS) is 1. The highest BCUT2D eigenvalue weighted by molar-refractivity contribution is 5.72. The van der Waals surface area contributed by atoms with E-state index in [1.54, 1.807) is 10.9 Å². The second kappa shape index (κ2) is 4.02. The van der Waals surface area contributed by atoms with Gasteiger partial charge in [-0.2, -0.15) is 5.10 Å². The first-order chi connectivity index (χ1) is 7.18. The normalized spacial score (nSPS) is 24.9. The van der Waals surface area contributed by atoms with Crippen molar-refractivity contribution < 1.29 is 9.90 Å². The number of hydrogen-bond acceptors (Lipinski definition) is 3. The molecular formula is C10H15N3O2. The van der Waals surface area contributed by atoms with Crippen molar-refractivity contribution in [3.05, 3.63) is 18.0 Å². The van der Waals surface area contributed by atoms with Crippen LogP contribution in [-0.4, -0.2) is 26.9 Å². The minimum Gasteiger partial charge on any atom is -0.481 e. The Balaban J connectivity index is 1.84. The lowest BCUT2D eigenvalue weighted by molar-refractivity contribution is -0.146. The summed E-state index contributed by atoms with van der Waals surface area (Å²) < 4.78 is 1.79. The molecule has 0 saturated heterocycles. The van der Waals surface area contributed by atoms with Gasteiger partial charge in [0.25, 0.3) is 0 Å². The van der Waals surface area contributed by atoms with E-state index in [1.165, 1.54) is 0 Å². The number of aryl methyl sites for hydroxylation is 1. The van der Waals surface area contributed by atoms with Crippen LogP contribution in [0.15, 0.2) is 12.3 Å². The highest BCUT2D eigenvalue weighted by Gasteiger charge is 2.35. The number of nitrogens with one attached hydrogen (secondary N) is 1. The molecule has 82 valence electrons. The van der Waals surface area contributed by atoms with Gasteiger partial charge in [0.1, 0.15) is 0 Å². The van der Waals surface area contributed by atoms with Gasteiger partial charge in [0.15, 0.2) is 0 Å². The molecule has 2 rings (SSSR count). The van der Waals surface area contributed by atoms with Crippen LogP contribution in [0.1, 0.15) is 18.5 Å². The van der Waals surface area contributed by atoms with Crippen LogP contribution in [0.4, 0.5) is 0 Å². The highest BCUT2D eigenvalue weighted by atomic mass is 16.4. The van der Waals surface area contributed by atoms with Gasteiger partial charge in [-0.1, -0.05) is 0 Å². The number of aromatic nitrogens is 2. The van der Waals surface area contributed by atoms with Crippen molar-refractivity contribution in [2.75, 3.05) is 0 Å². The zero-order chi connectivity index (χ0) is 10.8. The van der Waals surface area contributed by atoms with Crippen LogP contribution in [0.3, 0.4) is 0 Å². The fraction of sp³-hybridized carbons (Fsp3) is 0.600. The smallest absolute Gasteiger partial charge is 0.308 e. The summed E-state index contributed by atoms with van der Waals surface area (Å²) in [6, 6.07) is 2.05. The summed E-state index contributed by atoms with van der Waals surface area (Å²) in [5.41, 5.74) is 1.08. The van der Waals surface area contributed by atoms with Crippen LogP contribution < -0.4 is 5.32 Å². The monoisotopic (exact) mass is 209 g/mol. The first-order valence-electron chi connectivity index (χ1n) is 5.11. The summed E-state index contributed by atoms with van der Waals surface area (Å²) in [6.45, 7) is 0.685. The molecule has 0 aliphatic heterocycles. The summed E-state index contributed by atoms with van der Waals surface area (Å²) in [4.78, 5) is 10.8. The molecule has 0 aromatic carbocycles. The molecule has 0 spiro atoms. The van der Waals surface area contributed by atoms with E-state index < -0.39 is 5.97 Å².